The monoisotopic (exact) mass is 220 g/mol. The van der Waals surface area contributed by atoms with Gasteiger partial charge in [-0.1, -0.05) is 19.1 Å². The van der Waals surface area contributed by atoms with Gasteiger partial charge in [-0.05, 0) is 49.8 Å². The maximum atomic E-state index is 9.38. The van der Waals surface area contributed by atoms with E-state index in [0.29, 0.717) is 12.0 Å². The standard InChI is InChI=1S/C14H20O2/c1-10(8-11(2)15)12-4-3-5-14(9-12)16-13-6-7-13/h3-5,9-11,13,15H,6-8H2,1-2H3. The Labute approximate surface area is 97.3 Å². The number of ether oxygens (including phenoxy) is 1. The molecule has 0 aromatic heterocycles. The van der Waals surface area contributed by atoms with Gasteiger partial charge in [-0.25, -0.2) is 0 Å². The third-order valence-corrected chi connectivity index (χ3v) is 2.95. The zero-order chi connectivity index (χ0) is 11.5. The Balaban J connectivity index is 2.02. The Bertz CT molecular complexity index is 342. The number of benzene rings is 1. The van der Waals surface area contributed by atoms with Crippen molar-refractivity contribution in [2.24, 2.45) is 0 Å². The summed E-state index contributed by atoms with van der Waals surface area (Å²) in [6.07, 6.45) is 3.37. The molecule has 1 N–H and O–H groups in total. The number of hydrogen-bond donors (Lipinski definition) is 1. The summed E-state index contributed by atoms with van der Waals surface area (Å²) in [6, 6.07) is 8.25. The van der Waals surface area contributed by atoms with Crippen LogP contribution in [-0.4, -0.2) is 17.3 Å². The Hall–Kier alpha value is -1.02. The zero-order valence-corrected chi connectivity index (χ0v) is 10.0. The van der Waals surface area contributed by atoms with Crippen molar-refractivity contribution >= 4 is 0 Å². The summed E-state index contributed by atoms with van der Waals surface area (Å²) in [5, 5.41) is 9.38. The SMILES string of the molecule is CC(O)CC(C)c1cccc(OC2CC2)c1. The van der Waals surface area contributed by atoms with Gasteiger partial charge in [-0.2, -0.15) is 0 Å². The summed E-state index contributed by atoms with van der Waals surface area (Å²) in [4.78, 5) is 0. The third kappa shape index (κ3) is 3.24. The fourth-order valence-corrected chi connectivity index (χ4v) is 1.92. The second kappa shape index (κ2) is 4.88. The molecule has 16 heavy (non-hydrogen) atoms. The fourth-order valence-electron chi connectivity index (χ4n) is 1.92. The highest BCUT2D eigenvalue weighted by Crippen LogP contribution is 2.29. The van der Waals surface area contributed by atoms with E-state index < -0.39 is 0 Å². The van der Waals surface area contributed by atoms with Gasteiger partial charge in [0.05, 0.1) is 12.2 Å². The molecule has 0 amide bonds. The molecule has 0 bridgehead atoms. The molecule has 88 valence electrons. The molecule has 1 aliphatic rings. The van der Waals surface area contributed by atoms with Gasteiger partial charge in [0.1, 0.15) is 5.75 Å². The van der Waals surface area contributed by atoms with Crippen LogP contribution in [0, 0.1) is 0 Å². The minimum atomic E-state index is -0.247. The van der Waals surface area contributed by atoms with E-state index in [9.17, 15) is 5.11 Å². The maximum absolute atomic E-state index is 9.38. The van der Waals surface area contributed by atoms with Crippen LogP contribution in [0.4, 0.5) is 0 Å². The summed E-state index contributed by atoms with van der Waals surface area (Å²) in [7, 11) is 0. The van der Waals surface area contributed by atoms with Crippen molar-refractivity contribution in [1.82, 2.24) is 0 Å². The molecule has 1 aromatic carbocycles. The number of rotatable bonds is 5. The molecule has 2 rings (SSSR count). The van der Waals surface area contributed by atoms with E-state index in [1.807, 2.05) is 19.1 Å². The van der Waals surface area contributed by atoms with Gasteiger partial charge in [0, 0.05) is 0 Å². The largest absolute Gasteiger partial charge is 0.490 e. The van der Waals surface area contributed by atoms with Crippen LogP contribution in [0.15, 0.2) is 24.3 Å². The van der Waals surface area contributed by atoms with Crippen LogP contribution in [0.5, 0.6) is 5.75 Å². The Morgan fingerprint density at radius 1 is 1.38 bits per heavy atom. The van der Waals surface area contributed by atoms with E-state index in [-0.39, 0.29) is 6.10 Å². The molecule has 0 heterocycles. The average Bonchev–Trinajstić information content (AvgIpc) is 3.01. The summed E-state index contributed by atoms with van der Waals surface area (Å²) in [5.74, 6) is 1.35. The maximum Gasteiger partial charge on any atom is 0.119 e. The van der Waals surface area contributed by atoms with Crippen LogP contribution in [0.2, 0.25) is 0 Å². The number of aliphatic hydroxyl groups is 1. The first-order chi connectivity index (χ1) is 7.65. The first-order valence-corrected chi connectivity index (χ1v) is 6.10. The Morgan fingerprint density at radius 2 is 2.12 bits per heavy atom. The molecule has 1 saturated carbocycles. The minimum Gasteiger partial charge on any atom is -0.490 e. The van der Waals surface area contributed by atoms with Gasteiger partial charge in [0.25, 0.3) is 0 Å². The van der Waals surface area contributed by atoms with Gasteiger partial charge in [-0.15, -0.1) is 0 Å². The predicted octanol–water partition coefficient (Wildman–Crippen LogP) is 3.10. The lowest BCUT2D eigenvalue weighted by Gasteiger charge is -2.15. The summed E-state index contributed by atoms with van der Waals surface area (Å²) in [6.45, 7) is 3.98. The summed E-state index contributed by atoms with van der Waals surface area (Å²) < 4.78 is 5.76. The van der Waals surface area contributed by atoms with E-state index in [2.05, 4.69) is 19.1 Å². The van der Waals surface area contributed by atoms with Crippen LogP contribution in [0.25, 0.3) is 0 Å². The van der Waals surface area contributed by atoms with E-state index in [0.717, 1.165) is 12.2 Å². The lowest BCUT2D eigenvalue weighted by atomic mass is 9.95. The van der Waals surface area contributed by atoms with Crippen molar-refractivity contribution in [3.8, 4) is 5.75 Å². The molecule has 1 fully saturated rings. The third-order valence-electron chi connectivity index (χ3n) is 2.95. The van der Waals surface area contributed by atoms with E-state index in [1.54, 1.807) is 0 Å². The summed E-state index contributed by atoms with van der Waals surface area (Å²) in [5.41, 5.74) is 1.25. The molecule has 2 heteroatoms. The molecular formula is C14H20O2. The van der Waals surface area contributed by atoms with Gasteiger partial charge in [-0.3, -0.25) is 0 Å². The van der Waals surface area contributed by atoms with Gasteiger partial charge >= 0.3 is 0 Å². The lowest BCUT2D eigenvalue weighted by Crippen LogP contribution is -2.06. The Morgan fingerprint density at radius 3 is 2.75 bits per heavy atom. The molecule has 2 nitrogen and oxygen atoms in total. The second-order valence-electron chi connectivity index (χ2n) is 4.88. The highest BCUT2D eigenvalue weighted by atomic mass is 16.5. The van der Waals surface area contributed by atoms with Crippen molar-refractivity contribution in [2.45, 2.75) is 51.2 Å². The normalized spacial score (nSPS) is 19.2. The van der Waals surface area contributed by atoms with Crippen molar-refractivity contribution in [2.75, 3.05) is 0 Å². The number of aliphatic hydroxyl groups excluding tert-OH is 1. The fraction of sp³-hybridized carbons (Fsp3) is 0.571. The molecule has 0 radical (unpaired) electrons. The van der Waals surface area contributed by atoms with Crippen molar-refractivity contribution in [1.29, 1.82) is 0 Å². The molecule has 2 unspecified atom stereocenters. The van der Waals surface area contributed by atoms with Crippen molar-refractivity contribution in [3.05, 3.63) is 29.8 Å². The van der Waals surface area contributed by atoms with Crippen LogP contribution < -0.4 is 4.74 Å². The molecular weight excluding hydrogens is 200 g/mol. The molecule has 1 aliphatic carbocycles. The molecule has 2 atom stereocenters. The smallest absolute Gasteiger partial charge is 0.119 e. The average molecular weight is 220 g/mol. The van der Waals surface area contributed by atoms with Gasteiger partial charge < -0.3 is 9.84 Å². The highest BCUT2D eigenvalue weighted by Gasteiger charge is 2.23. The van der Waals surface area contributed by atoms with Crippen LogP contribution in [0.3, 0.4) is 0 Å². The highest BCUT2D eigenvalue weighted by molar-refractivity contribution is 5.31. The second-order valence-corrected chi connectivity index (χ2v) is 4.88. The zero-order valence-electron chi connectivity index (χ0n) is 10.0. The first-order valence-electron chi connectivity index (χ1n) is 6.10. The van der Waals surface area contributed by atoms with Crippen molar-refractivity contribution < 1.29 is 9.84 Å². The van der Waals surface area contributed by atoms with E-state index in [4.69, 9.17) is 4.74 Å². The van der Waals surface area contributed by atoms with Crippen LogP contribution >= 0.6 is 0 Å². The predicted molar refractivity (Wildman–Crippen MR) is 64.8 cm³/mol. The molecule has 0 aliphatic heterocycles. The van der Waals surface area contributed by atoms with Crippen LogP contribution in [0.1, 0.15) is 44.6 Å². The number of hydrogen-bond acceptors (Lipinski definition) is 2. The summed E-state index contributed by atoms with van der Waals surface area (Å²) >= 11 is 0. The lowest BCUT2D eigenvalue weighted by molar-refractivity contribution is 0.176. The Kier molecular flexibility index (Phi) is 3.49. The van der Waals surface area contributed by atoms with E-state index >= 15 is 0 Å². The van der Waals surface area contributed by atoms with Gasteiger partial charge in [0.15, 0.2) is 0 Å². The van der Waals surface area contributed by atoms with Crippen LogP contribution in [-0.2, 0) is 0 Å². The van der Waals surface area contributed by atoms with Gasteiger partial charge in [0.2, 0.25) is 0 Å². The minimum absolute atomic E-state index is 0.247. The van der Waals surface area contributed by atoms with E-state index in [1.165, 1.54) is 18.4 Å². The molecule has 1 aromatic rings. The topological polar surface area (TPSA) is 29.5 Å². The van der Waals surface area contributed by atoms with Crippen molar-refractivity contribution in [3.63, 3.8) is 0 Å². The molecule has 0 saturated heterocycles. The first kappa shape index (κ1) is 11.5. The quantitative estimate of drug-likeness (QED) is 0.826. The molecule has 0 spiro atoms.